The summed E-state index contributed by atoms with van der Waals surface area (Å²) in [5.41, 5.74) is 1.29. The zero-order valence-corrected chi connectivity index (χ0v) is 16.2. The number of carboxylic acids is 1. The van der Waals surface area contributed by atoms with Gasteiger partial charge in [0.15, 0.2) is 0 Å². The molecule has 0 fully saturated rings. The molecule has 0 aliphatic carbocycles. The minimum atomic E-state index is -5.08. The Labute approximate surface area is 166 Å². The largest absolute Gasteiger partial charge is 0.497 e. The Morgan fingerprint density at radius 2 is 1.90 bits per heavy atom. The molecule has 1 aromatic carbocycles. The second kappa shape index (κ2) is 10.3. The molecular formula is C19H24F3N3O4. The number of ether oxygens (including phenoxy) is 2. The molecule has 1 unspecified atom stereocenters. The van der Waals surface area contributed by atoms with Gasteiger partial charge in [0.1, 0.15) is 11.6 Å². The summed E-state index contributed by atoms with van der Waals surface area (Å²) in [6.07, 6.45) is -1.13. The average Bonchev–Trinajstić information content (AvgIpc) is 3.02. The number of nitrogens with zero attached hydrogens (tertiary/aromatic N) is 3. The standard InChI is InChI=1S/C17H23N3O2.C2HF3O2/c1-21-13-15-10-19(12-17-18-7-8-20(17)11-15)9-14-3-5-16(22-2)6-4-14;3-2(4,5)1(6)7/h3-8,15H,9-13H2,1-2H3;(H,6,7). The van der Waals surface area contributed by atoms with Crippen molar-refractivity contribution >= 4 is 5.97 Å². The molecule has 160 valence electrons. The quantitative estimate of drug-likeness (QED) is 0.809. The Morgan fingerprint density at radius 1 is 1.24 bits per heavy atom. The summed E-state index contributed by atoms with van der Waals surface area (Å²) in [4.78, 5) is 15.8. The molecular weight excluding hydrogens is 391 g/mol. The molecule has 1 aliphatic heterocycles. The Hall–Kier alpha value is -2.59. The maximum Gasteiger partial charge on any atom is 0.490 e. The smallest absolute Gasteiger partial charge is 0.490 e. The van der Waals surface area contributed by atoms with Crippen molar-refractivity contribution in [2.24, 2.45) is 5.92 Å². The zero-order valence-electron chi connectivity index (χ0n) is 16.2. The van der Waals surface area contributed by atoms with Crippen LogP contribution in [0.15, 0.2) is 36.7 Å². The van der Waals surface area contributed by atoms with Crippen molar-refractivity contribution in [3.8, 4) is 5.75 Å². The van der Waals surface area contributed by atoms with Gasteiger partial charge in [-0.25, -0.2) is 9.78 Å². The number of halogens is 3. The van der Waals surface area contributed by atoms with Crippen LogP contribution in [0.4, 0.5) is 13.2 Å². The van der Waals surface area contributed by atoms with E-state index in [9.17, 15) is 13.2 Å². The van der Waals surface area contributed by atoms with Crippen molar-refractivity contribution in [1.82, 2.24) is 14.5 Å². The molecule has 1 N–H and O–H groups in total. The Morgan fingerprint density at radius 3 is 2.45 bits per heavy atom. The van der Waals surface area contributed by atoms with Crippen LogP contribution < -0.4 is 4.74 Å². The number of hydrogen-bond acceptors (Lipinski definition) is 5. The molecule has 0 saturated carbocycles. The van der Waals surface area contributed by atoms with Crippen molar-refractivity contribution in [1.29, 1.82) is 0 Å². The molecule has 0 amide bonds. The molecule has 0 radical (unpaired) electrons. The normalized spacial score (nSPS) is 16.9. The molecule has 0 spiro atoms. The van der Waals surface area contributed by atoms with Crippen molar-refractivity contribution in [3.05, 3.63) is 48.0 Å². The topological polar surface area (TPSA) is 76.8 Å². The second-order valence-electron chi connectivity index (χ2n) is 6.64. The molecule has 0 saturated heterocycles. The van der Waals surface area contributed by atoms with Crippen molar-refractivity contribution in [3.63, 3.8) is 0 Å². The van der Waals surface area contributed by atoms with E-state index >= 15 is 0 Å². The van der Waals surface area contributed by atoms with Crippen LogP contribution in [0.25, 0.3) is 0 Å². The highest BCUT2D eigenvalue weighted by atomic mass is 19.4. The van der Waals surface area contributed by atoms with Crippen molar-refractivity contribution < 1.29 is 32.5 Å². The number of benzene rings is 1. The van der Waals surface area contributed by atoms with Crippen molar-refractivity contribution in [2.45, 2.75) is 25.8 Å². The lowest BCUT2D eigenvalue weighted by atomic mass is 10.1. The van der Waals surface area contributed by atoms with E-state index in [-0.39, 0.29) is 0 Å². The van der Waals surface area contributed by atoms with Crippen LogP contribution in [0.1, 0.15) is 11.4 Å². The lowest BCUT2D eigenvalue weighted by Crippen LogP contribution is -2.29. The number of carbonyl (C=O) groups is 1. The summed E-state index contributed by atoms with van der Waals surface area (Å²) in [7, 11) is 3.46. The first-order valence-corrected chi connectivity index (χ1v) is 8.87. The van der Waals surface area contributed by atoms with Gasteiger partial charge in [-0.2, -0.15) is 13.2 Å². The fraction of sp³-hybridized carbons (Fsp3) is 0.474. The summed E-state index contributed by atoms with van der Waals surface area (Å²) < 4.78 is 44.6. The molecule has 7 nitrogen and oxygen atoms in total. The van der Waals surface area contributed by atoms with Crippen LogP contribution in [0.3, 0.4) is 0 Å². The maximum atomic E-state index is 10.6. The summed E-state index contributed by atoms with van der Waals surface area (Å²) in [5, 5.41) is 7.12. The van der Waals surface area contributed by atoms with Crippen LogP contribution >= 0.6 is 0 Å². The molecule has 29 heavy (non-hydrogen) atoms. The summed E-state index contributed by atoms with van der Waals surface area (Å²) in [6, 6.07) is 8.28. The highest BCUT2D eigenvalue weighted by Crippen LogP contribution is 2.19. The molecule has 3 rings (SSSR count). The van der Waals surface area contributed by atoms with E-state index in [0.717, 1.165) is 44.4 Å². The summed E-state index contributed by atoms with van der Waals surface area (Å²) >= 11 is 0. The third-order valence-corrected chi connectivity index (χ3v) is 4.35. The van der Waals surface area contributed by atoms with Gasteiger partial charge in [-0.05, 0) is 17.7 Å². The molecule has 1 aliphatic rings. The van der Waals surface area contributed by atoms with E-state index in [2.05, 4.69) is 32.8 Å². The van der Waals surface area contributed by atoms with Gasteiger partial charge >= 0.3 is 12.1 Å². The average molecular weight is 415 g/mol. The second-order valence-corrected chi connectivity index (χ2v) is 6.64. The van der Waals surface area contributed by atoms with Gasteiger partial charge in [-0.15, -0.1) is 0 Å². The minimum absolute atomic E-state index is 0.485. The number of methoxy groups -OCH3 is 2. The monoisotopic (exact) mass is 415 g/mol. The highest BCUT2D eigenvalue weighted by molar-refractivity contribution is 5.73. The Bertz CT molecular complexity index is 778. The number of fused-ring (bicyclic) bond motifs is 1. The zero-order chi connectivity index (χ0) is 21.4. The number of imidazole rings is 1. The molecule has 10 heteroatoms. The first-order chi connectivity index (χ1) is 13.7. The number of hydrogen-bond donors (Lipinski definition) is 1. The van der Waals surface area contributed by atoms with Gasteiger partial charge in [-0.1, -0.05) is 12.1 Å². The van der Waals surface area contributed by atoms with E-state index in [4.69, 9.17) is 19.4 Å². The predicted octanol–water partition coefficient (Wildman–Crippen LogP) is 2.80. The lowest BCUT2D eigenvalue weighted by Gasteiger charge is -2.23. The molecule has 2 heterocycles. The highest BCUT2D eigenvalue weighted by Gasteiger charge is 2.38. The van der Waals surface area contributed by atoms with E-state index in [1.165, 1.54) is 5.56 Å². The van der Waals surface area contributed by atoms with Gasteiger partial charge < -0.3 is 19.1 Å². The van der Waals surface area contributed by atoms with Crippen LogP contribution in [0.5, 0.6) is 5.75 Å². The summed E-state index contributed by atoms with van der Waals surface area (Å²) in [6.45, 7) is 4.55. The van der Waals surface area contributed by atoms with Crippen LogP contribution in [0, 0.1) is 5.92 Å². The fourth-order valence-electron chi connectivity index (χ4n) is 3.07. The first-order valence-electron chi connectivity index (χ1n) is 8.87. The fourth-order valence-corrected chi connectivity index (χ4v) is 3.07. The van der Waals surface area contributed by atoms with Gasteiger partial charge in [-0.3, -0.25) is 4.90 Å². The summed E-state index contributed by atoms with van der Waals surface area (Å²) in [5.74, 6) is -0.245. The van der Waals surface area contributed by atoms with Gasteiger partial charge in [0.05, 0.1) is 20.3 Å². The minimum Gasteiger partial charge on any atom is -0.497 e. The number of alkyl halides is 3. The van der Waals surface area contributed by atoms with E-state index < -0.39 is 12.1 Å². The van der Waals surface area contributed by atoms with E-state index in [1.54, 1.807) is 14.2 Å². The van der Waals surface area contributed by atoms with Crippen molar-refractivity contribution in [2.75, 3.05) is 27.4 Å². The predicted molar refractivity (Wildman–Crippen MR) is 98.4 cm³/mol. The number of aliphatic carboxylic acids is 1. The van der Waals surface area contributed by atoms with E-state index in [1.807, 2.05) is 18.3 Å². The first kappa shape index (κ1) is 22.7. The molecule has 0 bridgehead atoms. The van der Waals surface area contributed by atoms with Gasteiger partial charge in [0.2, 0.25) is 0 Å². The third kappa shape index (κ3) is 7.06. The SMILES string of the molecule is COCC1CN(Cc2ccc(OC)cc2)Cc2nccn2C1.O=C(O)C(F)(F)F. The van der Waals surface area contributed by atoms with E-state index in [0.29, 0.717) is 5.92 Å². The molecule has 2 aromatic rings. The number of aromatic nitrogens is 2. The number of rotatable bonds is 5. The van der Waals surface area contributed by atoms with Crippen LogP contribution in [0.2, 0.25) is 0 Å². The van der Waals surface area contributed by atoms with Crippen LogP contribution in [-0.2, 0) is 29.2 Å². The third-order valence-electron chi connectivity index (χ3n) is 4.35. The number of carboxylic acid groups (broad SMARTS) is 1. The van der Waals surface area contributed by atoms with Gasteiger partial charge in [0, 0.05) is 45.1 Å². The Kier molecular flexibility index (Phi) is 8.03. The molecule has 1 aromatic heterocycles. The maximum absolute atomic E-state index is 10.6. The molecule has 1 atom stereocenters. The van der Waals surface area contributed by atoms with Crippen LogP contribution in [-0.4, -0.2) is 59.1 Å². The lowest BCUT2D eigenvalue weighted by molar-refractivity contribution is -0.192. The van der Waals surface area contributed by atoms with Gasteiger partial charge in [0.25, 0.3) is 0 Å². The Balaban J connectivity index is 0.000000370.